The third-order valence-corrected chi connectivity index (χ3v) is 4.05. The first-order valence-electron chi connectivity index (χ1n) is 7.49. The number of anilines is 3. The van der Waals surface area contributed by atoms with Crippen molar-refractivity contribution in [2.75, 3.05) is 29.6 Å². The Labute approximate surface area is 135 Å². The zero-order valence-electron chi connectivity index (χ0n) is 13.4. The molecular formula is C18H19N3O2. The lowest BCUT2D eigenvalue weighted by molar-refractivity contribution is -0.116. The van der Waals surface area contributed by atoms with Gasteiger partial charge in [-0.3, -0.25) is 9.59 Å². The number of benzene rings is 2. The number of nitrogens with one attached hydrogen (secondary N) is 2. The fraction of sp³-hybridized carbons (Fsp3) is 0.222. The topological polar surface area (TPSA) is 61.4 Å². The summed E-state index contributed by atoms with van der Waals surface area (Å²) < 4.78 is 0. The van der Waals surface area contributed by atoms with Crippen LogP contribution in [0.5, 0.6) is 0 Å². The molecule has 0 saturated heterocycles. The Morgan fingerprint density at radius 1 is 1.17 bits per heavy atom. The van der Waals surface area contributed by atoms with Crippen LogP contribution in [0.15, 0.2) is 42.5 Å². The van der Waals surface area contributed by atoms with Crippen LogP contribution in [0.25, 0.3) is 0 Å². The molecule has 1 aliphatic rings. The number of hydrogen-bond donors (Lipinski definition) is 2. The van der Waals surface area contributed by atoms with Gasteiger partial charge < -0.3 is 15.5 Å². The number of rotatable bonds is 3. The van der Waals surface area contributed by atoms with Crippen molar-refractivity contribution in [3.63, 3.8) is 0 Å². The average Bonchev–Trinajstić information content (AvgIpc) is 2.82. The number of carbonyl (C=O) groups excluding carboxylic acids is 2. The molecule has 1 atom stereocenters. The lowest BCUT2D eigenvalue weighted by Crippen LogP contribution is -2.14. The molecule has 1 unspecified atom stereocenters. The first-order valence-corrected chi connectivity index (χ1v) is 7.49. The highest BCUT2D eigenvalue weighted by atomic mass is 16.2. The Kier molecular flexibility index (Phi) is 3.78. The molecule has 2 N–H and O–H groups in total. The molecule has 5 heteroatoms. The van der Waals surface area contributed by atoms with Crippen LogP contribution in [0, 0.1) is 0 Å². The smallest absolute Gasteiger partial charge is 0.255 e. The first-order chi connectivity index (χ1) is 11.0. The average molecular weight is 309 g/mol. The van der Waals surface area contributed by atoms with Gasteiger partial charge in [0.2, 0.25) is 5.91 Å². The molecule has 0 aromatic heterocycles. The van der Waals surface area contributed by atoms with Gasteiger partial charge in [0, 0.05) is 36.7 Å². The molecular weight excluding hydrogens is 290 g/mol. The van der Waals surface area contributed by atoms with Crippen molar-refractivity contribution in [1.82, 2.24) is 0 Å². The molecule has 23 heavy (non-hydrogen) atoms. The zero-order chi connectivity index (χ0) is 16.6. The van der Waals surface area contributed by atoms with E-state index in [1.54, 1.807) is 12.1 Å². The fourth-order valence-corrected chi connectivity index (χ4v) is 2.62. The summed E-state index contributed by atoms with van der Waals surface area (Å²) in [7, 11) is 3.87. The van der Waals surface area contributed by atoms with E-state index in [1.165, 1.54) is 0 Å². The van der Waals surface area contributed by atoms with Gasteiger partial charge >= 0.3 is 0 Å². The van der Waals surface area contributed by atoms with E-state index in [9.17, 15) is 9.59 Å². The largest absolute Gasteiger partial charge is 0.378 e. The molecule has 2 aromatic rings. The molecule has 0 radical (unpaired) electrons. The molecule has 2 aromatic carbocycles. The van der Waals surface area contributed by atoms with Gasteiger partial charge in [0.05, 0.1) is 5.92 Å². The maximum atomic E-state index is 12.4. The number of fused-ring (bicyclic) bond motifs is 1. The van der Waals surface area contributed by atoms with Crippen molar-refractivity contribution >= 4 is 28.9 Å². The van der Waals surface area contributed by atoms with Crippen molar-refractivity contribution in [2.24, 2.45) is 0 Å². The first kappa shape index (κ1) is 15.1. The van der Waals surface area contributed by atoms with E-state index in [2.05, 4.69) is 10.6 Å². The van der Waals surface area contributed by atoms with Crippen LogP contribution in [0.4, 0.5) is 17.1 Å². The summed E-state index contributed by atoms with van der Waals surface area (Å²) in [5, 5.41) is 5.72. The number of carbonyl (C=O) groups is 2. The molecule has 0 bridgehead atoms. The van der Waals surface area contributed by atoms with Crippen molar-refractivity contribution < 1.29 is 9.59 Å². The highest BCUT2D eigenvalue weighted by Crippen LogP contribution is 2.34. The molecule has 3 rings (SSSR count). The predicted octanol–water partition coefficient (Wildman–Crippen LogP) is 3.06. The van der Waals surface area contributed by atoms with Gasteiger partial charge in [-0.05, 0) is 48.9 Å². The molecule has 0 saturated carbocycles. The standard InChI is InChI=1S/C18H19N3O2/c1-11-15-10-13(7-8-16(15)20-17(11)22)19-18(23)12-5-4-6-14(9-12)21(2)3/h4-11H,1-3H3,(H,19,23)(H,20,22). The molecule has 118 valence electrons. The Balaban J connectivity index is 1.81. The number of nitrogens with zero attached hydrogens (tertiary/aromatic N) is 1. The normalized spacial score (nSPS) is 15.8. The summed E-state index contributed by atoms with van der Waals surface area (Å²) in [6, 6.07) is 12.9. The lowest BCUT2D eigenvalue weighted by atomic mass is 10.0. The monoisotopic (exact) mass is 309 g/mol. The van der Waals surface area contributed by atoms with Gasteiger partial charge in [0.1, 0.15) is 0 Å². The number of amides is 2. The maximum Gasteiger partial charge on any atom is 0.255 e. The van der Waals surface area contributed by atoms with Gasteiger partial charge in [0.25, 0.3) is 5.91 Å². The van der Waals surface area contributed by atoms with E-state index >= 15 is 0 Å². The van der Waals surface area contributed by atoms with Crippen LogP contribution >= 0.6 is 0 Å². The highest BCUT2D eigenvalue weighted by molar-refractivity contribution is 6.06. The van der Waals surface area contributed by atoms with Gasteiger partial charge in [-0.1, -0.05) is 6.07 Å². The Bertz CT molecular complexity index is 784. The van der Waals surface area contributed by atoms with Gasteiger partial charge in [0.15, 0.2) is 0 Å². The van der Waals surface area contributed by atoms with Crippen molar-refractivity contribution in [3.05, 3.63) is 53.6 Å². The Hall–Kier alpha value is -2.82. The predicted molar refractivity (Wildman–Crippen MR) is 92.2 cm³/mol. The summed E-state index contributed by atoms with van der Waals surface area (Å²) in [6.45, 7) is 1.85. The maximum absolute atomic E-state index is 12.4. The zero-order valence-corrected chi connectivity index (χ0v) is 13.4. The van der Waals surface area contributed by atoms with Crippen molar-refractivity contribution in [2.45, 2.75) is 12.8 Å². The molecule has 0 spiro atoms. The van der Waals surface area contributed by atoms with Crippen LogP contribution in [0.3, 0.4) is 0 Å². The summed E-state index contributed by atoms with van der Waals surface area (Å²) >= 11 is 0. The van der Waals surface area contributed by atoms with E-state index in [1.807, 2.05) is 56.3 Å². The lowest BCUT2D eigenvalue weighted by Gasteiger charge is -2.14. The molecule has 1 aliphatic heterocycles. The second-order valence-corrected chi connectivity index (χ2v) is 5.91. The van der Waals surface area contributed by atoms with Crippen LogP contribution < -0.4 is 15.5 Å². The van der Waals surface area contributed by atoms with Gasteiger partial charge in [-0.15, -0.1) is 0 Å². The molecule has 0 fully saturated rings. The van der Waals surface area contributed by atoms with Gasteiger partial charge in [-0.25, -0.2) is 0 Å². The summed E-state index contributed by atoms with van der Waals surface area (Å²) in [4.78, 5) is 26.1. The second kappa shape index (κ2) is 5.76. The molecule has 0 aliphatic carbocycles. The van der Waals surface area contributed by atoms with E-state index in [4.69, 9.17) is 0 Å². The minimum atomic E-state index is -0.195. The van der Waals surface area contributed by atoms with E-state index in [0.717, 1.165) is 16.9 Å². The van der Waals surface area contributed by atoms with Crippen molar-refractivity contribution in [1.29, 1.82) is 0 Å². The van der Waals surface area contributed by atoms with Gasteiger partial charge in [-0.2, -0.15) is 0 Å². The van der Waals surface area contributed by atoms with Crippen LogP contribution in [0.1, 0.15) is 28.8 Å². The number of hydrogen-bond acceptors (Lipinski definition) is 3. The third-order valence-electron chi connectivity index (χ3n) is 4.05. The Morgan fingerprint density at radius 3 is 2.70 bits per heavy atom. The van der Waals surface area contributed by atoms with Crippen LogP contribution in [-0.2, 0) is 4.79 Å². The summed E-state index contributed by atoms with van der Waals surface area (Å²) in [5.74, 6) is -0.375. The van der Waals surface area contributed by atoms with Crippen LogP contribution in [-0.4, -0.2) is 25.9 Å². The Morgan fingerprint density at radius 2 is 1.96 bits per heavy atom. The fourth-order valence-electron chi connectivity index (χ4n) is 2.62. The third kappa shape index (κ3) is 2.90. The van der Waals surface area contributed by atoms with E-state index < -0.39 is 0 Å². The van der Waals surface area contributed by atoms with E-state index in [0.29, 0.717) is 11.3 Å². The minimum Gasteiger partial charge on any atom is -0.378 e. The molecule has 1 heterocycles. The SMILES string of the molecule is CC1C(=O)Nc2ccc(NC(=O)c3cccc(N(C)C)c3)cc21. The highest BCUT2D eigenvalue weighted by Gasteiger charge is 2.26. The quantitative estimate of drug-likeness (QED) is 0.916. The van der Waals surface area contributed by atoms with Crippen LogP contribution in [0.2, 0.25) is 0 Å². The summed E-state index contributed by atoms with van der Waals surface area (Å²) in [6.07, 6.45) is 0. The molecule has 5 nitrogen and oxygen atoms in total. The molecule has 2 amide bonds. The minimum absolute atomic E-state index is 0.0119. The van der Waals surface area contributed by atoms with E-state index in [-0.39, 0.29) is 17.7 Å². The van der Waals surface area contributed by atoms with Crippen molar-refractivity contribution in [3.8, 4) is 0 Å². The summed E-state index contributed by atoms with van der Waals surface area (Å²) in [5.41, 5.74) is 3.98. The second-order valence-electron chi connectivity index (χ2n) is 5.91.